The fraction of sp³-hybridized carbons (Fsp3) is 0.115. The van der Waals surface area contributed by atoms with Crippen LogP contribution in [-0.4, -0.2) is 52.8 Å². The van der Waals surface area contributed by atoms with Gasteiger partial charge < -0.3 is 27.2 Å². The normalized spacial score (nSPS) is 11.2. The number of benzene rings is 3. The second-order valence-electron chi connectivity index (χ2n) is 7.75. The number of carboxylic acid groups (broad SMARTS) is 2. The van der Waals surface area contributed by atoms with Gasteiger partial charge in [0.25, 0.3) is 5.91 Å². The van der Waals surface area contributed by atoms with Crippen molar-refractivity contribution in [1.29, 1.82) is 0 Å². The lowest BCUT2D eigenvalue weighted by Gasteiger charge is -2.12. The van der Waals surface area contributed by atoms with Gasteiger partial charge in [0.2, 0.25) is 0 Å². The third kappa shape index (κ3) is 12.2. The molecule has 10 nitrogen and oxygen atoms in total. The minimum atomic E-state index is -5.08. The quantitative estimate of drug-likeness (QED) is 0.122. The van der Waals surface area contributed by atoms with Gasteiger partial charge in [-0.05, 0) is 46.0 Å². The first kappa shape index (κ1) is 34.6. The van der Waals surface area contributed by atoms with Crippen molar-refractivity contribution in [3.05, 3.63) is 95.1 Å². The summed E-state index contributed by atoms with van der Waals surface area (Å²) in [6, 6.07) is 23.0. The molecule has 0 saturated carbocycles. The van der Waals surface area contributed by atoms with E-state index in [2.05, 4.69) is 15.5 Å². The van der Waals surface area contributed by atoms with E-state index in [4.69, 9.17) is 31.5 Å². The maximum absolute atomic E-state index is 12.5. The van der Waals surface area contributed by atoms with E-state index in [0.717, 1.165) is 27.8 Å². The van der Waals surface area contributed by atoms with Crippen molar-refractivity contribution >= 4 is 30.3 Å². The van der Waals surface area contributed by atoms with Crippen LogP contribution in [0.3, 0.4) is 0 Å². The monoisotopic (exact) mass is 599 g/mol. The fourth-order valence-electron chi connectivity index (χ4n) is 2.95. The highest BCUT2D eigenvalue weighted by atomic mass is 19.4. The number of hydrogen-bond acceptors (Lipinski definition) is 7. The van der Waals surface area contributed by atoms with Crippen LogP contribution in [0, 0.1) is 0 Å². The van der Waals surface area contributed by atoms with Crippen LogP contribution in [0.5, 0.6) is 0 Å². The highest BCUT2D eigenvalue weighted by molar-refractivity contribution is 5.96. The van der Waals surface area contributed by atoms with Crippen LogP contribution in [0.4, 0.5) is 26.3 Å². The number of amides is 1. The number of rotatable bonds is 6. The molecule has 3 aromatic carbocycles. The lowest BCUT2D eigenvalue weighted by atomic mass is 9.98. The summed E-state index contributed by atoms with van der Waals surface area (Å²) in [6.45, 7) is 0.402. The molecule has 0 spiro atoms. The van der Waals surface area contributed by atoms with Gasteiger partial charge in [0.1, 0.15) is 0 Å². The molecule has 42 heavy (non-hydrogen) atoms. The second kappa shape index (κ2) is 16.0. The van der Waals surface area contributed by atoms with E-state index in [-0.39, 0.29) is 5.91 Å². The molecule has 16 heteroatoms. The predicted octanol–water partition coefficient (Wildman–Crippen LogP) is 4.14. The zero-order valence-electron chi connectivity index (χ0n) is 21.2. The molecule has 3 aromatic rings. The lowest BCUT2D eigenvalue weighted by Crippen LogP contribution is -2.23. The van der Waals surface area contributed by atoms with Gasteiger partial charge in [-0.1, -0.05) is 54.6 Å². The molecule has 0 saturated heterocycles. The Morgan fingerprint density at radius 2 is 1.21 bits per heavy atom. The van der Waals surface area contributed by atoms with Gasteiger partial charge in [-0.15, -0.1) is 0 Å². The number of carboxylic acids is 2. The molecule has 3 rings (SSSR count). The summed E-state index contributed by atoms with van der Waals surface area (Å²) in [4.78, 5) is 30.3. The summed E-state index contributed by atoms with van der Waals surface area (Å²) in [5.74, 6) is 4.75. The Kier molecular flexibility index (Phi) is 13.2. The average Bonchev–Trinajstić information content (AvgIpc) is 2.92. The maximum Gasteiger partial charge on any atom is 0.490 e. The Hall–Kier alpha value is -5.41. The van der Waals surface area contributed by atoms with Crippen LogP contribution in [0.25, 0.3) is 11.1 Å². The van der Waals surface area contributed by atoms with Crippen LogP contribution in [0.1, 0.15) is 27.0 Å². The van der Waals surface area contributed by atoms with Gasteiger partial charge in [0.15, 0.2) is 0 Å². The molecule has 0 atom stereocenters. The smallest absolute Gasteiger partial charge is 0.475 e. The number of nitrogens with two attached hydrogens (primary N) is 2. The third-order valence-electron chi connectivity index (χ3n) is 4.74. The molecule has 0 aliphatic rings. The van der Waals surface area contributed by atoms with E-state index < -0.39 is 24.3 Å². The predicted molar refractivity (Wildman–Crippen MR) is 140 cm³/mol. The van der Waals surface area contributed by atoms with E-state index in [9.17, 15) is 31.1 Å². The minimum absolute atomic E-state index is 0.161. The molecule has 0 aliphatic carbocycles. The van der Waals surface area contributed by atoms with Crippen LogP contribution < -0.4 is 17.0 Å². The number of nitrogens with zero attached hydrogens (tertiary/aromatic N) is 2. The van der Waals surface area contributed by atoms with Gasteiger partial charge in [-0.25, -0.2) is 9.59 Å². The summed E-state index contributed by atoms with van der Waals surface area (Å²) in [5.41, 5.74) is 5.32. The first-order valence-corrected chi connectivity index (χ1v) is 11.2. The molecule has 224 valence electrons. The molecule has 1 amide bonds. The standard InChI is InChI=1S/C22H21N5O.2C2HF3O2/c23-26-13-16-5-3-8-18(11-16)21-10-2-1-7-20(21)15-25-22(28)19-9-4-6-17(12-19)14-27-24;2*3-2(4,5)1(6)7/h1-14H,15,23-24H2,(H,25,28);2*(H,6,7). The number of carbonyl (C=O) groups excluding carboxylic acids is 1. The Bertz CT molecular complexity index is 1400. The van der Waals surface area contributed by atoms with E-state index in [1.54, 1.807) is 24.4 Å². The van der Waals surface area contributed by atoms with Gasteiger partial charge >= 0.3 is 24.3 Å². The zero-order valence-corrected chi connectivity index (χ0v) is 21.2. The highest BCUT2D eigenvalue weighted by Crippen LogP contribution is 2.24. The number of aliphatic carboxylic acids is 2. The minimum Gasteiger partial charge on any atom is -0.475 e. The summed E-state index contributed by atoms with van der Waals surface area (Å²) in [5, 5.41) is 24.3. The van der Waals surface area contributed by atoms with E-state index in [0.29, 0.717) is 12.1 Å². The second-order valence-corrected chi connectivity index (χ2v) is 7.75. The number of carbonyl (C=O) groups is 3. The first-order valence-electron chi connectivity index (χ1n) is 11.2. The Balaban J connectivity index is 0.000000522. The van der Waals surface area contributed by atoms with Gasteiger partial charge in [0.05, 0.1) is 12.4 Å². The molecule has 0 bridgehead atoms. The van der Waals surface area contributed by atoms with Crippen molar-refractivity contribution in [3.63, 3.8) is 0 Å². The summed E-state index contributed by atoms with van der Waals surface area (Å²) < 4.78 is 63.5. The highest BCUT2D eigenvalue weighted by Gasteiger charge is 2.38. The number of hydrazone groups is 2. The number of hydrogen-bond donors (Lipinski definition) is 5. The number of alkyl halides is 6. The SMILES string of the molecule is NN=Cc1cccc(C(=O)NCc2ccccc2-c2cccc(C=NN)c2)c1.O=C(O)C(F)(F)F.O=C(O)C(F)(F)F. The van der Waals surface area contributed by atoms with E-state index in [1.165, 1.54) is 6.21 Å². The van der Waals surface area contributed by atoms with Crippen molar-refractivity contribution in [2.75, 3.05) is 0 Å². The molecule has 0 fully saturated rings. The van der Waals surface area contributed by atoms with E-state index in [1.807, 2.05) is 54.6 Å². The molecule has 7 N–H and O–H groups in total. The molecular formula is C26H23F6N5O5. The topological polar surface area (TPSA) is 180 Å². The molecule has 0 heterocycles. The van der Waals surface area contributed by atoms with Gasteiger partial charge in [-0.3, -0.25) is 4.79 Å². The molecule has 0 aliphatic heterocycles. The fourth-order valence-corrected chi connectivity index (χ4v) is 2.95. The van der Waals surface area contributed by atoms with Crippen LogP contribution in [-0.2, 0) is 16.1 Å². The molecule has 0 aromatic heterocycles. The largest absolute Gasteiger partial charge is 0.490 e. The van der Waals surface area contributed by atoms with Crippen LogP contribution in [0.2, 0.25) is 0 Å². The van der Waals surface area contributed by atoms with Crippen LogP contribution in [0.15, 0.2) is 83.0 Å². The number of nitrogens with one attached hydrogen (secondary N) is 1. The molecule has 0 radical (unpaired) electrons. The lowest BCUT2D eigenvalue weighted by molar-refractivity contribution is -0.193. The Labute approximate surface area is 234 Å². The number of halogens is 6. The van der Waals surface area contributed by atoms with Gasteiger partial charge in [-0.2, -0.15) is 36.5 Å². The van der Waals surface area contributed by atoms with Crippen molar-refractivity contribution in [2.45, 2.75) is 18.9 Å². The van der Waals surface area contributed by atoms with Crippen LogP contribution >= 0.6 is 0 Å². The first-order chi connectivity index (χ1) is 19.6. The Morgan fingerprint density at radius 3 is 1.71 bits per heavy atom. The molecule has 0 unspecified atom stereocenters. The Morgan fingerprint density at radius 1 is 0.738 bits per heavy atom. The van der Waals surface area contributed by atoms with Crippen molar-refractivity contribution in [3.8, 4) is 11.1 Å². The third-order valence-corrected chi connectivity index (χ3v) is 4.74. The van der Waals surface area contributed by atoms with Gasteiger partial charge in [0, 0.05) is 12.1 Å². The van der Waals surface area contributed by atoms with Crippen molar-refractivity contribution < 1.29 is 50.9 Å². The summed E-state index contributed by atoms with van der Waals surface area (Å²) in [7, 11) is 0. The zero-order chi connectivity index (χ0) is 31.9. The van der Waals surface area contributed by atoms with Crippen molar-refractivity contribution in [1.82, 2.24) is 5.32 Å². The molecular weight excluding hydrogens is 576 g/mol. The maximum atomic E-state index is 12.5. The van der Waals surface area contributed by atoms with Crippen molar-refractivity contribution in [2.24, 2.45) is 21.9 Å². The van der Waals surface area contributed by atoms with E-state index >= 15 is 0 Å². The summed E-state index contributed by atoms with van der Waals surface area (Å²) in [6.07, 6.45) is -7.06. The average molecular weight is 599 g/mol. The summed E-state index contributed by atoms with van der Waals surface area (Å²) >= 11 is 0.